The molecule has 13 heteroatoms. The van der Waals surface area contributed by atoms with Crippen LogP contribution >= 0.6 is 0 Å². The topological polar surface area (TPSA) is 118 Å². The smallest absolute Gasteiger partial charge is 0.497 e. The molecule has 5 aromatic rings. The number of amidine groups is 1. The Bertz CT molecular complexity index is 2230. The lowest BCUT2D eigenvalue weighted by atomic mass is 10.0. The van der Waals surface area contributed by atoms with E-state index < -0.39 is 24.9 Å². The van der Waals surface area contributed by atoms with E-state index in [4.69, 9.17) is 19.5 Å². The van der Waals surface area contributed by atoms with E-state index in [0.717, 1.165) is 10.0 Å². The van der Waals surface area contributed by atoms with Crippen LogP contribution in [0.25, 0.3) is 28.0 Å². The van der Waals surface area contributed by atoms with E-state index in [2.05, 4.69) is 5.32 Å². The summed E-state index contributed by atoms with van der Waals surface area (Å²) in [6, 6.07) is 34.4. The Morgan fingerprint density at radius 3 is 2.04 bits per heavy atom. The molecule has 1 aliphatic heterocycles. The summed E-state index contributed by atoms with van der Waals surface area (Å²) in [4.78, 5) is 35.1. The zero-order chi connectivity index (χ0) is 39.1. The fourth-order valence-electron chi connectivity index (χ4n) is 6.16. The van der Waals surface area contributed by atoms with Crippen LogP contribution in [0.3, 0.4) is 0 Å². The molecule has 0 saturated heterocycles. The molecule has 6 rings (SSSR count). The number of methoxy groups -OCH3 is 1. The summed E-state index contributed by atoms with van der Waals surface area (Å²) in [5.74, 6) is 0.928. The second-order valence-electron chi connectivity index (χ2n) is 13.6. The highest BCUT2D eigenvalue weighted by molar-refractivity contribution is 6.43. The maximum absolute atomic E-state index is 15.2. The first-order valence-electron chi connectivity index (χ1n) is 17.6. The molecule has 0 saturated carbocycles. The van der Waals surface area contributed by atoms with Crippen LogP contribution in [0.5, 0.6) is 11.5 Å². The highest BCUT2D eigenvalue weighted by Gasteiger charge is 2.30. The van der Waals surface area contributed by atoms with E-state index >= 15 is 8.63 Å². The molecule has 0 fully saturated rings. The molecular formula is C42H40BF2N5O5. The van der Waals surface area contributed by atoms with Crippen molar-refractivity contribution in [2.24, 2.45) is 9.98 Å². The van der Waals surface area contributed by atoms with Crippen LogP contribution in [-0.4, -0.2) is 77.8 Å². The Balaban J connectivity index is 1.32. The second-order valence-corrected chi connectivity index (χ2v) is 13.6. The van der Waals surface area contributed by atoms with Crippen LogP contribution in [0.15, 0.2) is 131 Å². The van der Waals surface area contributed by atoms with E-state index in [1.54, 1.807) is 94.6 Å². The van der Waals surface area contributed by atoms with Crippen LogP contribution in [0, 0.1) is 0 Å². The van der Waals surface area contributed by atoms with Crippen molar-refractivity contribution in [2.45, 2.75) is 26.3 Å². The van der Waals surface area contributed by atoms with E-state index in [-0.39, 0.29) is 31.3 Å². The third-order valence-corrected chi connectivity index (χ3v) is 8.94. The summed E-state index contributed by atoms with van der Waals surface area (Å²) in [5.41, 5.74) is 4.21. The molecule has 0 unspecified atom stereocenters. The highest BCUT2D eigenvalue weighted by Crippen LogP contribution is 2.41. The summed E-state index contributed by atoms with van der Waals surface area (Å²) < 4.78 is 42.3. The van der Waals surface area contributed by atoms with Crippen LogP contribution in [0.4, 0.5) is 19.2 Å². The number of hydrogen-bond acceptors (Lipinski definition) is 5. The van der Waals surface area contributed by atoms with Gasteiger partial charge in [0.2, 0.25) is 0 Å². The lowest BCUT2D eigenvalue weighted by molar-refractivity contribution is -0.123. The van der Waals surface area contributed by atoms with Crippen LogP contribution in [0.1, 0.15) is 31.9 Å². The number of ether oxygens (including phenoxy) is 2. The number of aliphatic imine (C=N–C) groups is 2. The van der Waals surface area contributed by atoms with Gasteiger partial charge >= 0.3 is 13.5 Å². The van der Waals surface area contributed by atoms with Gasteiger partial charge in [0.1, 0.15) is 17.3 Å². The van der Waals surface area contributed by atoms with Crippen molar-refractivity contribution in [3.63, 3.8) is 0 Å². The minimum Gasteiger partial charge on any atom is -0.497 e. The number of carbonyl (C=O) groups excluding carboxylic acids is 1. The van der Waals surface area contributed by atoms with Crippen LogP contribution in [-0.2, 0) is 4.79 Å². The lowest BCUT2D eigenvalue weighted by Crippen LogP contribution is -2.48. The summed E-state index contributed by atoms with van der Waals surface area (Å²) in [6.07, 6.45) is 0.804. The van der Waals surface area contributed by atoms with E-state index in [1.807, 2.05) is 54.6 Å². The number of amides is 2. The molecular weight excluding hydrogens is 703 g/mol. The fourth-order valence-corrected chi connectivity index (χ4v) is 6.16. The van der Waals surface area contributed by atoms with Gasteiger partial charge in [-0.3, -0.25) is 13.4 Å². The first-order chi connectivity index (χ1) is 26.4. The van der Waals surface area contributed by atoms with E-state index in [1.165, 1.54) is 4.90 Å². The number of allylic oxidation sites excluding steroid dienone is 1. The molecule has 0 spiro atoms. The highest BCUT2D eigenvalue weighted by atomic mass is 19.2. The van der Waals surface area contributed by atoms with Gasteiger partial charge in [-0.1, -0.05) is 84.9 Å². The Labute approximate surface area is 318 Å². The number of rotatable bonds is 13. The van der Waals surface area contributed by atoms with Gasteiger partial charge in [-0.05, 0) is 73.9 Å². The Kier molecular flexibility index (Phi) is 11.6. The molecule has 4 aromatic carbocycles. The molecule has 55 heavy (non-hydrogen) atoms. The van der Waals surface area contributed by atoms with E-state index in [9.17, 15) is 14.7 Å². The monoisotopic (exact) mass is 743 g/mol. The molecule has 10 nitrogen and oxygen atoms in total. The van der Waals surface area contributed by atoms with Crippen molar-refractivity contribution in [1.29, 1.82) is 0 Å². The van der Waals surface area contributed by atoms with Gasteiger partial charge in [0.15, 0.2) is 12.4 Å². The average Bonchev–Trinajstić information content (AvgIpc) is 3.78. The number of carboxylic acid groups (broad SMARTS) is 1. The summed E-state index contributed by atoms with van der Waals surface area (Å²) in [7, 11) is -1.36. The minimum atomic E-state index is -2.92. The van der Waals surface area contributed by atoms with E-state index in [0.29, 0.717) is 50.7 Å². The molecule has 0 radical (unpaired) electrons. The van der Waals surface area contributed by atoms with Gasteiger partial charge in [0.25, 0.3) is 5.91 Å². The van der Waals surface area contributed by atoms with Gasteiger partial charge in [-0.25, -0.2) is 14.8 Å². The first-order valence-corrected chi connectivity index (χ1v) is 17.6. The molecule has 2 amide bonds. The normalized spacial score (nSPS) is 13.2. The number of nitrogens with one attached hydrogen (secondary N) is 1. The third kappa shape index (κ3) is 9.01. The van der Waals surface area contributed by atoms with Crippen molar-refractivity contribution >= 4 is 42.3 Å². The number of carbonyl (C=O) groups is 2. The van der Waals surface area contributed by atoms with Crippen LogP contribution in [0.2, 0.25) is 0 Å². The van der Waals surface area contributed by atoms with Crippen LogP contribution < -0.4 is 14.8 Å². The Morgan fingerprint density at radius 1 is 0.855 bits per heavy atom. The SMILES string of the molecule is COc1ccc(-c2cc(-c3ccccc3)n(B(F)F)c2/N=C2\N=C(c3ccccc3)C=C2c2ccc(OCC(=O)NCCN(C(=O)O)C(C)(C)C)cc2)cc1. The molecule has 1 aliphatic rings. The number of halogens is 2. The van der Waals surface area contributed by atoms with Crippen molar-refractivity contribution in [2.75, 3.05) is 26.8 Å². The van der Waals surface area contributed by atoms with Crippen molar-refractivity contribution in [3.8, 4) is 33.9 Å². The maximum atomic E-state index is 15.2. The molecule has 0 bridgehead atoms. The van der Waals surface area contributed by atoms with Crippen molar-refractivity contribution in [1.82, 2.24) is 14.7 Å². The lowest BCUT2D eigenvalue weighted by Gasteiger charge is -2.33. The number of nitrogens with zero attached hydrogens (tertiary/aromatic N) is 4. The zero-order valence-electron chi connectivity index (χ0n) is 30.9. The quantitative estimate of drug-likeness (QED) is 0.117. The zero-order valence-corrected chi connectivity index (χ0v) is 30.9. The summed E-state index contributed by atoms with van der Waals surface area (Å²) in [5, 5.41) is 12.2. The predicted molar refractivity (Wildman–Crippen MR) is 213 cm³/mol. The molecule has 1 aromatic heterocycles. The largest absolute Gasteiger partial charge is 0.679 e. The van der Waals surface area contributed by atoms with Gasteiger partial charge < -0.3 is 29.3 Å². The number of aromatic nitrogens is 1. The Hall–Kier alpha value is -6.50. The van der Waals surface area contributed by atoms with Gasteiger partial charge in [-0.2, -0.15) is 0 Å². The average molecular weight is 744 g/mol. The van der Waals surface area contributed by atoms with Crippen molar-refractivity contribution < 1.29 is 32.8 Å². The minimum absolute atomic E-state index is 0.0397. The van der Waals surface area contributed by atoms with Gasteiger partial charge in [0.05, 0.1) is 12.8 Å². The molecule has 2 heterocycles. The Morgan fingerprint density at radius 2 is 1.45 bits per heavy atom. The van der Waals surface area contributed by atoms with Gasteiger partial charge in [0, 0.05) is 41.0 Å². The molecule has 2 N–H and O–H groups in total. The molecule has 0 atom stereocenters. The fraction of sp³-hybridized carbons (Fsp3) is 0.190. The third-order valence-electron chi connectivity index (χ3n) is 8.94. The number of hydrogen-bond donors (Lipinski definition) is 2. The standard InChI is InChI=1S/C42H40BF2N5O5/c1-42(2,3)49(41(52)53)24-23-46-38(51)27-55-33-21-17-28(18-22-33)34-25-36(30-11-7-5-8-12-30)47-39(34)48-40-35(29-15-19-32(54-4)20-16-29)26-37(50(40)43(44)45)31-13-9-6-10-14-31/h5-22,25-26H,23-24,27H2,1-4H3,(H,46,51)(H,52,53)/b48-39-. The second kappa shape index (κ2) is 16.7. The summed E-state index contributed by atoms with van der Waals surface area (Å²) >= 11 is 0. The maximum Gasteiger partial charge on any atom is 0.679 e. The number of benzene rings is 4. The predicted octanol–water partition coefficient (Wildman–Crippen LogP) is 8.49. The van der Waals surface area contributed by atoms with Crippen molar-refractivity contribution in [3.05, 3.63) is 132 Å². The molecule has 280 valence electrons. The molecule has 0 aliphatic carbocycles. The van der Waals surface area contributed by atoms with Gasteiger partial charge in [-0.15, -0.1) is 0 Å². The first kappa shape index (κ1) is 38.2. The summed E-state index contributed by atoms with van der Waals surface area (Å²) in [6.45, 7) is 5.33.